The lowest BCUT2D eigenvalue weighted by molar-refractivity contribution is -0.124. The Morgan fingerprint density at radius 3 is 2.73 bits per heavy atom. The van der Waals surface area contributed by atoms with Crippen LogP contribution in [0.3, 0.4) is 0 Å². The summed E-state index contributed by atoms with van der Waals surface area (Å²) < 4.78 is 0. The lowest BCUT2D eigenvalue weighted by Crippen LogP contribution is -2.31. The summed E-state index contributed by atoms with van der Waals surface area (Å²) in [5.74, 6) is 0.408. The second-order valence-electron chi connectivity index (χ2n) is 4.62. The van der Waals surface area contributed by atoms with Gasteiger partial charge < -0.3 is 11.1 Å². The zero-order valence-corrected chi connectivity index (χ0v) is 9.80. The summed E-state index contributed by atoms with van der Waals surface area (Å²) in [7, 11) is 0. The van der Waals surface area contributed by atoms with Gasteiger partial charge in [-0.2, -0.15) is 0 Å². The Balaban J connectivity index is 2.03. The molecule has 1 fully saturated rings. The van der Waals surface area contributed by atoms with Crippen LogP contribution in [0.1, 0.15) is 51.9 Å². The third-order valence-electron chi connectivity index (χ3n) is 3.17. The molecule has 0 spiro atoms. The van der Waals surface area contributed by atoms with Crippen molar-refractivity contribution in [1.82, 2.24) is 5.32 Å². The van der Waals surface area contributed by atoms with Crippen molar-refractivity contribution < 1.29 is 4.79 Å². The highest BCUT2D eigenvalue weighted by molar-refractivity contribution is 5.78. The first-order chi connectivity index (χ1) is 7.24. The van der Waals surface area contributed by atoms with Gasteiger partial charge in [0.25, 0.3) is 0 Å². The number of hydrogen-bond acceptors (Lipinski definition) is 2. The van der Waals surface area contributed by atoms with Crippen molar-refractivity contribution in [3.05, 3.63) is 0 Å². The Kier molecular flexibility index (Phi) is 5.69. The topological polar surface area (TPSA) is 55.1 Å². The Morgan fingerprint density at radius 1 is 1.33 bits per heavy atom. The summed E-state index contributed by atoms with van der Waals surface area (Å²) in [5, 5.41) is 3.01. The number of nitrogens with one attached hydrogen (secondary N) is 1. The minimum absolute atomic E-state index is 0.186. The molecule has 15 heavy (non-hydrogen) atoms. The van der Waals surface area contributed by atoms with Crippen molar-refractivity contribution in [3.63, 3.8) is 0 Å². The predicted octanol–water partition coefficient (Wildman–Crippen LogP) is 1.81. The van der Waals surface area contributed by atoms with Crippen molar-refractivity contribution in [1.29, 1.82) is 0 Å². The third-order valence-corrected chi connectivity index (χ3v) is 3.17. The van der Waals surface area contributed by atoms with E-state index in [1.165, 1.54) is 19.3 Å². The molecule has 0 aromatic rings. The molecule has 1 aliphatic rings. The van der Waals surface area contributed by atoms with Crippen molar-refractivity contribution in [2.45, 2.75) is 57.9 Å². The van der Waals surface area contributed by atoms with Gasteiger partial charge in [0.2, 0.25) is 5.91 Å². The summed E-state index contributed by atoms with van der Waals surface area (Å²) in [5.41, 5.74) is 5.78. The van der Waals surface area contributed by atoms with Crippen LogP contribution in [0.5, 0.6) is 0 Å². The molecule has 3 N–H and O–H groups in total. The number of hydrogen-bond donors (Lipinski definition) is 2. The van der Waals surface area contributed by atoms with Crippen LogP contribution in [0.15, 0.2) is 0 Å². The van der Waals surface area contributed by atoms with E-state index >= 15 is 0 Å². The molecular formula is C12H24N2O. The van der Waals surface area contributed by atoms with Crippen LogP contribution < -0.4 is 11.1 Å². The van der Waals surface area contributed by atoms with E-state index in [1.807, 2.05) is 0 Å². The predicted molar refractivity (Wildman–Crippen MR) is 62.5 cm³/mol. The van der Waals surface area contributed by atoms with Crippen LogP contribution in [-0.4, -0.2) is 18.5 Å². The van der Waals surface area contributed by atoms with Gasteiger partial charge in [-0.1, -0.05) is 26.2 Å². The lowest BCUT2D eigenvalue weighted by Gasteiger charge is -2.10. The fourth-order valence-corrected chi connectivity index (χ4v) is 2.16. The monoisotopic (exact) mass is 212 g/mol. The summed E-state index contributed by atoms with van der Waals surface area (Å²) in [6.45, 7) is 3.03. The third kappa shape index (κ3) is 4.65. The van der Waals surface area contributed by atoms with E-state index < -0.39 is 0 Å². The van der Waals surface area contributed by atoms with Crippen LogP contribution in [0.4, 0.5) is 0 Å². The summed E-state index contributed by atoms with van der Waals surface area (Å²) >= 11 is 0. The van der Waals surface area contributed by atoms with Gasteiger partial charge in [0.1, 0.15) is 0 Å². The molecule has 0 radical (unpaired) electrons. The molecule has 0 aromatic heterocycles. The summed E-state index contributed by atoms with van der Waals surface area (Å²) in [6, 6.07) is 0.251. The molecule has 2 atom stereocenters. The molecule has 1 aliphatic carbocycles. The number of carbonyl (C=O) groups is 1. The lowest BCUT2D eigenvalue weighted by atomic mass is 10.1. The van der Waals surface area contributed by atoms with E-state index in [0.717, 1.165) is 32.2 Å². The van der Waals surface area contributed by atoms with E-state index in [2.05, 4.69) is 12.2 Å². The average molecular weight is 212 g/mol. The zero-order valence-electron chi connectivity index (χ0n) is 9.80. The van der Waals surface area contributed by atoms with Crippen LogP contribution >= 0.6 is 0 Å². The van der Waals surface area contributed by atoms with Crippen molar-refractivity contribution in [3.8, 4) is 0 Å². The normalized spacial score (nSPS) is 25.5. The number of rotatable bonds is 6. The van der Waals surface area contributed by atoms with Crippen LogP contribution in [0.2, 0.25) is 0 Å². The fraction of sp³-hybridized carbons (Fsp3) is 0.917. The molecule has 88 valence electrons. The number of carbonyl (C=O) groups excluding carboxylic acids is 1. The van der Waals surface area contributed by atoms with Gasteiger partial charge in [0.05, 0.1) is 0 Å². The molecule has 0 aromatic carbocycles. The molecule has 2 unspecified atom stereocenters. The first-order valence-electron chi connectivity index (χ1n) is 6.27. The second-order valence-corrected chi connectivity index (χ2v) is 4.62. The molecule has 1 amide bonds. The van der Waals surface area contributed by atoms with Crippen LogP contribution in [0.25, 0.3) is 0 Å². The Hall–Kier alpha value is -0.570. The summed E-state index contributed by atoms with van der Waals surface area (Å²) in [6.07, 6.45) is 7.70. The van der Waals surface area contributed by atoms with Gasteiger partial charge in [-0.3, -0.25) is 4.79 Å². The fourth-order valence-electron chi connectivity index (χ4n) is 2.16. The smallest absolute Gasteiger partial charge is 0.223 e. The highest BCUT2D eigenvalue weighted by Crippen LogP contribution is 2.23. The molecule has 3 heteroatoms. The second kappa shape index (κ2) is 6.83. The summed E-state index contributed by atoms with van der Waals surface area (Å²) in [4.78, 5) is 11.7. The largest absolute Gasteiger partial charge is 0.356 e. The van der Waals surface area contributed by atoms with E-state index in [-0.39, 0.29) is 17.9 Å². The van der Waals surface area contributed by atoms with Crippen molar-refractivity contribution in [2.75, 3.05) is 6.54 Å². The molecule has 3 nitrogen and oxygen atoms in total. The van der Waals surface area contributed by atoms with Crippen LogP contribution in [0, 0.1) is 5.92 Å². The minimum atomic E-state index is 0.186. The first kappa shape index (κ1) is 12.5. The molecule has 0 heterocycles. The van der Waals surface area contributed by atoms with Crippen LogP contribution in [-0.2, 0) is 4.79 Å². The molecular weight excluding hydrogens is 188 g/mol. The standard InChI is InChI=1S/C12H24N2O/c1-2-3-4-5-8-14-12(15)10-6-7-11(13)9-10/h10-11H,2-9,13H2,1H3,(H,14,15). The highest BCUT2D eigenvalue weighted by atomic mass is 16.1. The maximum absolute atomic E-state index is 11.7. The van der Waals surface area contributed by atoms with E-state index in [4.69, 9.17) is 5.73 Å². The maximum Gasteiger partial charge on any atom is 0.223 e. The van der Waals surface area contributed by atoms with E-state index in [9.17, 15) is 4.79 Å². The molecule has 0 aliphatic heterocycles. The SMILES string of the molecule is CCCCCCNC(=O)C1CCC(N)C1. The highest BCUT2D eigenvalue weighted by Gasteiger charge is 2.27. The van der Waals surface area contributed by atoms with Gasteiger partial charge in [-0.25, -0.2) is 0 Å². The Labute approximate surface area is 92.8 Å². The maximum atomic E-state index is 11.7. The van der Waals surface area contributed by atoms with Gasteiger partial charge >= 0.3 is 0 Å². The van der Waals surface area contributed by atoms with Gasteiger partial charge in [0.15, 0.2) is 0 Å². The van der Waals surface area contributed by atoms with Crippen molar-refractivity contribution >= 4 is 5.91 Å². The van der Waals surface area contributed by atoms with Gasteiger partial charge in [-0.05, 0) is 25.7 Å². The number of nitrogens with two attached hydrogens (primary N) is 1. The average Bonchev–Trinajstić information content (AvgIpc) is 2.64. The zero-order chi connectivity index (χ0) is 11.1. The first-order valence-corrected chi connectivity index (χ1v) is 6.27. The Bertz CT molecular complexity index is 194. The van der Waals surface area contributed by atoms with Gasteiger partial charge in [-0.15, -0.1) is 0 Å². The number of amides is 1. The quantitative estimate of drug-likeness (QED) is 0.660. The molecule has 1 rings (SSSR count). The Morgan fingerprint density at radius 2 is 2.13 bits per heavy atom. The molecule has 0 bridgehead atoms. The van der Waals surface area contributed by atoms with Gasteiger partial charge in [0, 0.05) is 18.5 Å². The number of unbranched alkanes of at least 4 members (excludes halogenated alkanes) is 3. The minimum Gasteiger partial charge on any atom is -0.356 e. The van der Waals surface area contributed by atoms with Crippen molar-refractivity contribution in [2.24, 2.45) is 11.7 Å². The molecule has 1 saturated carbocycles. The van der Waals surface area contributed by atoms with E-state index in [1.54, 1.807) is 0 Å². The molecule has 0 saturated heterocycles. The van der Waals surface area contributed by atoms with E-state index in [0.29, 0.717) is 0 Å².